The fourth-order valence-corrected chi connectivity index (χ4v) is 3.78. The molecule has 7 nitrogen and oxygen atoms in total. The molecule has 1 aliphatic heterocycles. The minimum atomic E-state index is -0.374. The van der Waals surface area contributed by atoms with E-state index in [4.69, 9.17) is 4.74 Å². The lowest BCUT2D eigenvalue weighted by molar-refractivity contribution is -0.116. The van der Waals surface area contributed by atoms with E-state index < -0.39 is 0 Å². The molecule has 1 saturated heterocycles. The molecule has 4 rings (SSSR count). The maximum Gasteiger partial charge on any atom is 0.254 e. The first kappa shape index (κ1) is 19.7. The molecular weight excluding hydrogens is 382 g/mol. The second-order valence-electron chi connectivity index (χ2n) is 7.28. The number of hydrogen-bond acceptors (Lipinski definition) is 4. The number of carbonyl (C=O) groups is 2. The van der Waals surface area contributed by atoms with Crippen molar-refractivity contribution in [3.63, 3.8) is 0 Å². The second kappa shape index (κ2) is 8.41. The van der Waals surface area contributed by atoms with Gasteiger partial charge < -0.3 is 15.0 Å². The number of nitrogens with one attached hydrogen (secondary N) is 1. The number of methoxy groups -OCH3 is 1. The van der Waals surface area contributed by atoms with Crippen LogP contribution in [0, 0.1) is 0 Å². The molecule has 1 aromatic heterocycles. The zero-order valence-electron chi connectivity index (χ0n) is 16.8. The highest BCUT2D eigenvalue weighted by molar-refractivity contribution is 6.06. The van der Waals surface area contributed by atoms with Gasteiger partial charge in [0.15, 0.2) is 0 Å². The van der Waals surface area contributed by atoms with Crippen LogP contribution in [0.15, 0.2) is 59.4 Å². The summed E-state index contributed by atoms with van der Waals surface area (Å²) in [5, 5.41) is 3.46. The summed E-state index contributed by atoms with van der Waals surface area (Å²) in [4.78, 5) is 40.1. The molecule has 7 heteroatoms. The predicted molar refractivity (Wildman–Crippen MR) is 115 cm³/mol. The number of amides is 2. The Morgan fingerprint density at radius 2 is 1.73 bits per heavy atom. The zero-order chi connectivity index (χ0) is 21.1. The maximum atomic E-state index is 12.9. The lowest BCUT2D eigenvalue weighted by Gasteiger charge is -2.18. The first-order chi connectivity index (χ1) is 14.6. The van der Waals surface area contributed by atoms with Crippen LogP contribution in [0.25, 0.3) is 10.9 Å². The molecule has 0 unspecified atom stereocenters. The molecule has 2 heterocycles. The van der Waals surface area contributed by atoms with E-state index in [2.05, 4.69) is 5.32 Å². The van der Waals surface area contributed by atoms with Crippen molar-refractivity contribution in [1.29, 1.82) is 0 Å². The van der Waals surface area contributed by atoms with E-state index in [1.165, 1.54) is 10.6 Å². The number of pyridine rings is 1. The summed E-state index contributed by atoms with van der Waals surface area (Å²) in [5.41, 5.74) is 1.20. The normalized spacial score (nSPS) is 13.4. The molecule has 30 heavy (non-hydrogen) atoms. The summed E-state index contributed by atoms with van der Waals surface area (Å²) < 4.78 is 6.51. The first-order valence-corrected chi connectivity index (χ1v) is 9.92. The van der Waals surface area contributed by atoms with Crippen LogP contribution in [-0.2, 0) is 11.3 Å². The highest BCUT2D eigenvalue weighted by Crippen LogP contribution is 2.21. The summed E-state index contributed by atoms with van der Waals surface area (Å²) in [7, 11) is 1.57. The summed E-state index contributed by atoms with van der Waals surface area (Å²) in [6, 6.07) is 15.5. The average molecular weight is 405 g/mol. The van der Waals surface area contributed by atoms with E-state index in [1.54, 1.807) is 48.4 Å². The number of hydrogen-bond donors (Lipinski definition) is 1. The Bertz CT molecular complexity index is 1150. The number of nitrogens with zero attached hydrogens (tertiary/aromatic N) is 2. The van der Waals surface area contributed by atoms with Gasteiger partial charge in [-0.1, -0.05) is 18.2 Å². The molecule has 0 spiro atoms. The molecule has 2 aromatic carbocycles. The average Bonchev–Trinajstić information content (AvgIpc) is 3.30. The lowest BCUT2D eigenvalue weighted by atomic mass is 10.1. The third-order valence-corrected chi connectivity index (χ3v) is 5.32. The number of para-hydroxylation sites is 1. The van der Waals surface area contributed by atoms with Crippen LogP contribution in [-0.4, -0.2) is 41.5 Å². The van der Waals surface area contributed by atoms with Crippen molar-refractivity contribution in [1.82, 2.24) is 9.47 Å². The topological polar surface area (TPSA) is 80.6 Å². The Labute approximate surface area is 173 Å². The molecule has 0 radical (unpaired) electrons. The van der Waals surface area contributed by atoms with Crippen LogP contribution in [0.1, 0.15) is 23.2 Å². The van der Waals surface area contributed by atoms with Crippen LogP contribution >= 0.6 is 0 Å². The highest BCUT2D eigenvalue weighted by atomic mass is 16.5. The van der Waals surface area contributed by atoms with Gasteiger partial charge >= 0.3 is 0 Å². The summed E-state index contributed by atoms with van der Waals surface area (Å²) in [5.74, 6) is 0.232. The third kappa shape index (κ3) is 3.91. The van der Waals surface area contributed by atoms with Gasteiger partial charge in [0.25, 0.3) is 11.5 Å². The minimum Gasteiger partial charge on any atom is -0.497 e. The molecule has 2 amide bonds. The van der Waals surface area contributed by atoms with Crippen molar-refractivity contribution in [3.05, 3.63) is 70.5 Å². The van der Waals surface area contributed by atoms with E-state index in [0.29, 0.717) is 41.0 Å². The predicted octanol–water partition coefficient (Wildman–Crippen LogP) is 2.88. The largest absolute Gasteiger partial charge is 0.497 e. The van der Waals surface area contributed by atoms with Crippen LogP contribution in [0.3, 0.4) is 0 Å². The zero-order valence-corrected chi connectivity index (χ0v) is 16.8. The first-order valence-electron chi connectivity index (χ1n) is 9.92. The van der Waals surface area contributed by atoms with Crippen molar-refractivity contribution >= 4 is 28.4 Å². The fourth-order valence-electron chi connectivity index (χ4n) is 3.78. The SMILES string of the molecule is COc1ccc(NC(=O)Cn2c(=O)cc(C(=O)N3CCCC3)c3ccccc32)cc1. The number of fused-ring (bicyclic) bond motifs is 1. The quantitative estimate of drug-likeness (QED) is 0.708. The van der Waals surface area contributed by atoms with Gasteiger partial charge in [-0.05, 0) is 43.2 Å². The molecule has 1 fully saturated rings. The number of benzene rings is 2. The number of aromatic nitrogens is 1. The van der Waals surface area contributed by atoms with Gasteiger partial charge in [-0.3, -0.25) is 19.0 Å². The Morgan fingerprint density at radius 1 is 1.03 bits per heavy atom. The lowest BCUT2D eigenvalue weighted by Crippen LogP contribution is -2.32. The van der Waals surface area contributed by atoms with Crippen LogP contribution in [0.2, 0.25) is 0 Å². The van der Waals surface area contributed by atoms with E-state index in [0.717, 1.165) is 12.8 Å². The van der Waals surface area contributed by atoms with Crippen LogP contribution in [0.5, 0.6) is 5.75 Å². The molecule has 3 aromatic rings. The van der Waals surface area contributed by atoms with Gasteiger partial charge in [0.1, 0.15) is 12.3 Å². The van der Waals surface area contributed by atoms with Gasteiger partial charge in [0.05, 0.1) is 18.2 Å². The third-order valence-electron chi connectivity index (χ3n) is 5.32. The fraction of sp³-hybridized carbons (Fsp3) is 0.261. The Kier molecular flexibility index (Phi) is 5.52. The van der Waals surface area contributed by atoms with Crippen molar-refractivity contribution in [2.45, 2.75) is 19.4 Å². The molecule has 154 valence electrons. The van der Waals surface area contributed by atoms with E-state index in [-0.39, 0.29) is 23.9 Å². The van der Waals surface area contributed by atoms with Crippen LogP contribution < -0.4 is 15.6 Å². The van der Waals surface area contributed by atoms with E-state index in [1.807, 2.05) is 12.1 Å². The number of ether oxygens (including phenoxy) is 1. The smallest absolute Gasteiger partial charge is 0.254 e. The highest BCUT2D eigenvalue weighted by Gasteiger charge is 2.23. The number of anilines is 1. The number of likely N-dealkylation sites (tertiary alicyclic amines) is 1. The summed E-state index contributed by atoms with van der Waals surface area (Å²) >= 11 is 0. The van der Waals surface area contributed by atoms with Crippen molar-refractivity contribution < 1.29 is 14.3 Å². The Hall–Kier alpha value is -3.61. The van der Waals surface area contributed by atoms with Crippen LogP contribution in [0.4, 0.5) is 5.69 Å². The van der Waals surface area contributed by atoms with Gasteiger partial charge in [-0.25, -0.2) is 0 Å². The van der Waals surface area contributed by atoms with Gasteiger partial charge in [-0.15, -0.1) is 0 Å². The van der Waals surface area contributed by atoms with Crippen molar-refractivity contribution in [3.8, 4) is 5.75 Å². The van der Waals surface area contributed by atoms with E-state index >= 15 is 0 Å². The summed E-state index contributed by atoms with van der Waals surface area (Å²) in [6.07, 6.45) is 1.96. The molecular formula is C23H23N3O4. The van der Waals surface area contributed by atoms with Crippen molar-refractivity contribution in [2.75, 3.05) is 25.5 Å². The van der Waals surface area contributed by atoms with Gasteiger partial charge in [-0.2, -0.15) is 0 Å². The Balaban J connectivity index is 1.63. The second-order valence-corrected chi connectivity index (χ2v) is 7.28. The van der Waals surface area contributed by atoms with Gasteiger partial charge in [0, 0.05) is 30.2 Å². The summed E-state index contributed by atoms with van der Waals surface area (Å²) in [6.45, 7) is 1.27. The Morgan fingerprint density at radius 3 is 2.43 bits per heavy atom. The molecule has 1 aliphatic rings. The standard InChI is InChI=1S/C23H23N3O4/c1-30-17-10-8-16(9-11-17)24-21(27)15-26-20-7-3-2-6-18(20)19(14-22(26)28)23(29)25-12-4-5-13-25/h2-3,6-11,14H,4-5,12-13,15H2,1H3,(H,24,27). The molecule has 0 atom stereocenters. The molecule has 0 saturated carbocycles. The van der Waals surface area contributed by atoms with E-state index in [9.17, 15) is 14.4 Å². The molecule has 0 aliphatic carbocycles. The molecule has 1 N–H and O–H groups in total. The number of carbonyl (C=O) groups excluding carboxylic acids is 2. The minimum absolute atomic E-state index is 0.129. The molecule has 0 bridgehead atoms. The maximum absolute atomic E-state index is 12.9. The van der Waals surface area contributed by atoms with Gasteiger partial charge in [0.2, 0.25) is 5.91 Å². The van der Waals surface area contributed by atoms with Crippen molar-refractivity contribution in [2.24, 2.45) is 0 Å². The number of rotatable bonds is 5. The monoisotopic (exact) mass is 405 g/mol.